The van der Waals surface area contributed by atoms with Crippen LogP contribution in [0.2, 0.25) is 10.3 Å². The molecule has 0 unspecified atom stereocenters. The third-order valence-electron chi connectivity index (χ3n) is 9.05. The van der Waals surface area contributed by atoms with Crippen molar-refractivity contribution in [3.8, 4) is 35.1 Å². The second-order valence-electron chi connectivity index (χ2n) is 12.8. The number of hydrogen-bond acceptors (Lipinski definition) is 11. The normalized spacial score (nSPS) is 17.5. The quantitative estimate of drug-likeness (QED) is 0.112. The average Bonchev–Trinajstić information content (AvgIpc) is 4.01. The first kappa shape index (κ1) is 39.2. The number of aromatic nitrogens is 2. The van der Waals surface area contributed by atoms with Crippen LogP contribution in [0.1, 0.15) is 59.1 Å². The van der Waals surface area contributed by atoms with Gasteiger partial charge in [-0.15, -0.1) is 17.6 Å². The Morgan fingerprint density at radius 2 is 1.16 bits per heavy atom. The zero-order chi connectivity index (χ0) is 40.1. The van der Waals surface area contributed by atoms with Crippen LogP contribution in [-0.2, 0) is 20.4 Å². The zero-order valence-electron chi connectivity index (χ0n) is 28.4. The lowest BCUT2D eigenvalue weighted by atomic mass is 9.94. The number of benzene rings is 2. The van der Waals surface area contributed by atoms with Gasteiger partial charge in [-0.3, -0.25) is 9.59 Å². The van der Waals surface area contributed by atoms with E-state index in [9.17, 15) is 27.2 Å². The summed E-state index contributed by atoms with van der Waals surface area (Å²) in [4.78, 5) is 31.9. The number of anilines is 2. The SMILES string of the molecule is Cc1cc(N)nc(Cl)c1C#N.Cc1cc(NC(=O)C2(c3ccc4c(c3)OC(F)(F)O4)CC2)nc(Cl)c1C#N.O=C(Cl)C1(c2ccc3c(c2)OC(F)(F)O3)CC1. The molecular weight excluding hydrogens is 795 g/mol. The Labute approximate surface area is 324 Å². The maximum Gasteiger partial charge on any atom is 0.586 e. The van der Waals surface area contributed by atoms with Crippen LogP contribution in [0.25, 0.3) is 0 Å². The molecule has 8 rings (SSSR count). The maximum absolute atomic E-state index is 13.2. The molecule has 55 heavy (non-hydrogen) atoms. The first-order valence-corrected chi connectivity index (χ1v) is 17.2. The van der Waals surface area contributed by atoms with Gasteiger partial charge >= 0.3 is 12.6 Å². The molecule has 0 saturated heterocycles. The Bertz CT molecular complexity index is 2300. The Morgan fingerprint density at radius 1 is 0.727 bits per heavy atom. The topological polar surface area (TPSA) is 182 Å². The first-order chi connectivity index (χ1) is 25.8. The number of pyridine rings is 2. The number of aryl methyl sites for hydroxylation is 2. The molecule has 2 aliphatic heterocycles. The molecule has 0 bridgehead atoms. The van der Waals surface area contributed by atoms with Gasteiger partial charge in [0, 0.05) is 0 Å². The van der Waals surface area contributed by atoms with E-state index in [1.54, 1.807) is 38.1 Å². The number of nitrogens with zero attached hydrogens (tertiary/aromatic N) is 4. The van der Waals surface area contributed by atoms with Crippen molar-refractivity contribution in [3.05, 3.63) is 92.2 Å². The van der Waals surface area contributed by atoms with Crippen molar-refractivity contribution in [2.75, 3.05) is 11.1 Å². The summed E-state index contributed by atoms with van der Waals surface area (Å²) in [5.74, 6) is -0.0382. The summed E-state index contributed by atoms with van der Waals surface area (Å²) in [6, 6.07) is 15.7. The molecule has 3 N–H and O–H groups in total. The van der Waals surface area contributed by atoms with Gasteiger partial charge in [0.15, 0.2) is 23.0 Å². The molecule has 2 aliphatic carbocycles. The van der Waals surface area contributed by atoms with Gasteiger partial charge in [-0.2, -0.15) is 10.5 Å². The third kappa shape index (κ3) is 7.98. The predicted molar refractivity (Wildman–Crippen MR) is 188 cm³/mol. The molecule has 4 heterocycles. The van der Waals surface area contributed by atoms with E-state index in [0.717, 1.165) is 5.56 Å². The van der Waals surface area contributed by atoms with Gasteiger partial charge in [-0.1, -0.05) is 35.3 Å². The van der Waals surface area contributed by atoms with Gasteiger partial charge in [-0.05, 0) is 110 Å². The highest BCUT2D eigenvalue weighted by Crippen LogP contribution is 2.54. The van der Waals surface area contributed by atoms with Crippen molar-refractivity contribution in [2.24, 2.45) is 0 Å². The van der Waals surface area contributed by atoms with Crippen LogP contribution >= 0.6 is 34.8 Å². The van der Waals surface area contributed by atoms with Crippen molar-refractivity contribution >= 4 is 57.6 Å². The second-order valence-corrected chi connectivity index (χ2v) is 13.9. The molecule has 1 amide bonds. The van der Waals surface area contributed by atoms with Gasteiger partial charge in [0.25, 0.3) is 0 Å². The molecular formula is C36H25Cl3F4N6O6. The minimum Gasteiger partial charge on any atom is -0.395 e. The van der Waals surface area contributed by atoms with Crippen LogP contribution < -0.4 is 30.0 Å². The van der Waals surface area contributed by atoms with Crippen molar-refractivity contribution in [2.45, 2.75) is 63.0 Å². The van der Waals surface area contributed by atoms with Crippen LogP contribution in [0.5, 0.6) is 23.0 Å². The Balaban J connectivity index is 0.000000156. The molecule has 2 aromatic carbocycles. The highest BCUT2D eigenvalue weighted by atomic mass is 35.5. The summed E-state index contributed by atoms with van der Waals surface area (Å²) < 4.78 is 69.4. The van der Waals surface area contributed by atoms with Crippen molar-refractivity contribution in [1.29, 1.82) is 10.5 Å². The summed E-state index contributed by atoms with van der Waals surface area (Å²) in [6.07, 6.45) is -4.98. The number of halogens is 7. The summed E-state index contributed by atoms with van der Waals surface area (Å²) in [7, 11) is 0. The number of rotatable bonds is 5. The second kappa shape index (κ2) is 14.3. The van der Waals surface area contributed by atoms with E-state index in [1.807, 2.05) is 12.1 Å². The molecule has 12 nitrogen and oxygen atoms in total. The molecule has 2 fully saturated rings. The van der Waals surface area contributed by atoms with Crippen molar-refractivity contribution < 1.29 is 46.1 Å². The van der Waals surface area contributed by atoms with E-state index in [0.29, 0.717) is 53.8 Å². The van der Waals surface area contributed by atoms with Crippen LogP contribution in [0, 0.1) is 36.5 Å². The summed E-state index contributed by atoms with van der Waals surface area (Å²) in [5.41, 5.74) is 6.92. The lowest BCUT2D eigenvalue weighted by Crippen LogP contribution is -2.28. The maximum atomic E-state index is 13.2. The summed E-state index contributed by atoms with van der Waals surface area (Å²) in [6.45, 7) is 3.45. The minimum atomic E-state index is -3.71. The van der Waals surface area contributed by atoms with Crippen LogP contribution in [-0.4, -0.2) is 33.7 Å². The molecule has 0 spiro atoms. The molecule has 284 valence electrons. The Hall–Kier alpha value is -5.55. The largest absolute Gasteiger partial charge is 0.586 e. The number of ether oxygens (including phenoxy) is 4. The smallest absolute Gasteiger partial charge is 0.395 e. The number of hydrogen-bond donors (Lipinski definition) is 2. The molecule has 4 aliphatic rings. The predicted octanol–water partition coefficient (Wildman–Crippen LogP) is 8.21. The van der Waals surface area contributed by atoms with Gasteiger partial charge in [0.1, 0.15) is 34.1 Å². The van der Waals surface area contributed by atoms with Gasteiger partial charge in [-0.25, -0.2) is 9.97 Å². The molecule has 0 radical (unpaired) electrons. The number of amides is 1. The lowest BCUT2D eigenvalue weighted by molar-refractivity contribution is -0.287. The molecule has 0 atom stereocenters. The van der Waals surface area contributed by atoms with E-state index in [2.05, 4.69) is 34.2 Å². The Morgan fingerprint density at radius 3 is 1.58 bits per heavy atom. The number of nitriles is 2. The van der Waals surface area contributed by atoms with E-state index in [-0.39, 0.29) is 50.6 Å². The summed E-state index contributed by atoms with van der Waals surface area (Å²) in [5, 5.41) is 20.0. The summed E-state index contributed by atoms with van der Waals surface area (Å²) >= 11 is 17.1. The molecule has 4 aromatic rings. The van der Waals surface area contributed by atoms with Gasteiger partial charge in [0.05, 0.1) is 22.0 Å². The molecule has 19 heteroatoms. The van der Waals surface area contributed by atoms with E-state index in [1.165, 1.54) is 24.3 Å². The zero-order valence-corrected chi connectivity index (χ0v) is 30.7. The van der Waals surface area contributed by atoms with Gasteiger partial charge < -0.3 is 30.0 Å². The van der Waals surface area contributed by atoms with Crippen LogP contribution in [0.4, 0.5) is 29.2 Å². The standard InChI is InChI=1S/C18H12ClF2N3O3.C11H7ClF2O3.C7H6ClN3/c1-9-6-14(23-15(19)11(9)8-22)24-16(25)17(4-5-17)10-2-3-12-13(7-10)27-18(20,21)26-12;12-9(15)10(3-4-10)6-1-2-7-8(5-6)17-11(13,14)16-7;1-4-2-6(10)11-7(8)5(4)3-9/h2-3,6-7H,4-5H2,1H3,(H,23,24,25);1-2,5H,3-4H2;2H,1H3,(H2,10,11). The van der Waals surface area contributed by atoms with E-state index >= 15 is 0 Å². The van der Waals surface area contributed by atoms with Crippen LogP contribution in [0.15, 0.2) is 48.5 Å². The Kier molecular flexibility index (Phi) is 10.2. The third-order valence-corrected chi connectivity index (χ3v) is 9.96. The molecule has 2 saturated carbocycles. The van der Waals surface area contributed by atoms with E-state index < -0.39 is 28.7 Å². The average molecular weight is 820 g/mol. The number of carbonyl (C=O) groups excluding carboxylic acids is 2. The van der Waals surface area contributed by atoms with Crippen molar-refractivity contribution in [1.82, 2.24) is 9.97 Å². The fraction of sp³-hybridized carbons (Fsp3) is 0.278. The highest BCUT2D eigenvalue weighted by Gasteiger charge is 2.53. The molecule has 2 aromatic heterocycles. The fourth-order valence-electron chi connectivity index (χ4n) is 5.85. The first-order valence-electron chi connectivity index (χ1n) is 16.0. The number of nitrogens with one attached hydrogen (secondary N) is 1. The number of nitrogens with two attached hydrogens (primary N) is 1. The monoisotopic (exact) mass is 818 g/mol. The van der Waals surface area contributed by atoms with Gasteiger partial charge in [0.2, 0.25) is 11.1 Å². The number of fused-ring (bicyclic) bond motifs is 2. The van der Waals surface area contributed by atoms with E-state index in [4.69, 9.17) is 51.1 Å². The number of nitrogen functional groups attached to an aromatic ring is 1. The highest BCUT2D eigenvalue weighted by molar-refractivity contribution is 6.66. The van der Waals surface area contributed by atoms with Crippen LogP contribution in [0.3, 0.4) is 0 Å². The fourth-order valence-corrected chi connectivity index (χ4v) is 6.72. The van der Waals surface area contributed by atoms with Crippen molar-refractivity contribution in [3.63, 3.8) is 0 Å². The minimum absolute atomic E-state index is 0.00274. The number of carbonyl (C=O) groups is 2. The lowest BCUT2D eigenvalue weighted by Gasteiger charge is -2.16. The number of alkyl halides is 4.